The van der Waals surface area contributed by atoms with Gasteiger partial charge in [-0.25, -0.2) is 4.98 Å². The second-order valence-corrected chi connectivity index (χ2v) is 5.96. The predicted molar refractivity (Wildman–Crippen MR) is 73.6 cm³/mol. The molecule has 0 bridgehead atoms. The Hall–Kier alpha value is -1.46. The first kappa shape index (κ1) is 11.6. The van der Waals surface area contributed by atoms with Crippen LogP contribution in [0, 0.1) is 0 Å². The van der Waals surface area contributed by atoms with Crippen molar-refractivity contribution in [2.75, 3.05) is 5.32 Å². The number of thiazole rings is 1. The molecule has 4 nitrogen and oxygen atoms in total. The first-order valence-electron chi connectivity index (χ1n) is 6.09. The van der Waals surface area contributed by atoms with Crippen LogP contribution < -0.4 is 11.1 Å². The normalized spacial score (nSPS) is 17.4. The van der Waals surface area contributed by atoms with Gasteiger partial charge in [0.25, 0.3) is 0 Å². The van der Waals surface area contributed by atoms with Crippen molar-refractivity contribution in [3.8, 4) is 0 Å². The molecule has 1 fully saturated rings. The van der Waals surface area contributed by atoms with E-state index in [1.54, 1.807) is 0 Å². The molecule has 94 valence electrons. The van der Waals surface area contributed by atoms with Gasteiger partial charge in [-0.3, -0.25) is 4.79 Å². The molecule has 0 atom stereocenters. The number of aromatic nitrogens is 1. The highest BCUT2D eigenvalue weighted by molar-refractivity contribution is 7.22. The summed E-state index contributed by atoms with van der Waals surface area (Å²) in [6, 6.07) is 7.85. The molecule has 18 heavy (non-hydrogen) atoms. The molecule has 2 aromatic rings. The largest absolute Gasteiger partial charge is 0.325 e. The van der Waals surface area contributed by atoms with Crippen LogP contribution in [0.15, 0.2) is 24.3 Å². The number of hydrogen-bond donors (Lipinski definition) is 2. The fourth-order valence-electron chi connectivity index (χ4n) is 2.22. The maximum Gasteiger partial charge on any atom is 0.228 e. The zero-order valence-corrected chi connectivity index (χ0v) is 10.8. The fraction of sp³-hybridized carbons (Fsp3) is 0.385. The first-order valence-corrected chi connectivity index (χ1v) is 6.91. The van der Waals surface area contributed by atoms with E-state index in [2.05, 4.69) is 10.3 Å². The van der Waals surface area contributed by atoms with Crippen molar-refractivity contribution in [1.29, 1.82) is 0 Å². The van der Waals surface area contributed by atoms with E-state index in [4.69, 9.17) is 5.73 Å². The number of rotatable bonds is 3. The number of benzene rings is 1. The maximum atomic E-state index is 11.9. The van der Waals surface area contributed by atoms with Gasteiger partial charge in [-0.1, -0.05) is 23.5 Å². The summed E-state index contributed by atoms with van der Waals surface area (Å²) < 4.78 is 1.08. The lowest BCUT2D eigenvalue weighted by molar-refractivity contribution is -0.118. The van der Waals surface area contributed by atoms with Gasteiger partial charge in [-0.2, -0.15) is 0 Å². The van der Waals surface area contributed by atoms with Crippen molar-refractivity contribution in [2.45, 2.75) is 31.2 Å². The Morgan fingerprint density at radius 3 is 2.89 bits per heavy atom. The lowest BCUT2D eigenvalue weighted by Gasteiger charge is -2.37. The number of anilines is 1. The summed E-state index contributed by atoms with van der Waals surface area (Å²) >= 11 is 1.49. The van der Waals surface area contributed by atoms with Crippen molar-refractivity contribution < 1.29 is 4.79 Å². The van der Waals surface area contributed by atoms with Crippen molar-refractivity contribution in [3.63, 3.8) is 0 Å². The van der Waals surface area contributed by atoms with E-state index in [0.717, 1.165) is 29.5 Å². The topological polar surface area (TPSA) is 68.0 Å². The maximum absolute atomic E-state index is 11.9. The average Bonchev–Trinajstić information content (AvgIpc) is 2.68. The Morgan fingerprint density at radius 2 is 2.22 bits per heavy atom. The molecule has 1 saturated carbocycles. The van der Waals surface area contributed by atoms with Crippen LogP contribution in [-0.4, -0.2) is 16.4 Å². The average molecular weight is 261 g/mol. The summed E-state index contributed by atoms with van der Waals surface area (Å²) in [4.78, 5) is 16.2. The van der Waals surface area contributed by atoms with Crippen LogP contribution in [0.3, 0.4) is 0 Å². The Bertz CT molecular complexity index is 556. The van der Waals surface area contributed by atoms with Crippen LogP contribution in [0.5, 0.6) is 0 Å². The van der Waals surface area contributed by atoms with E-state index in [1.165, 1.54) is 11.3 Å². The van der Waals surface area contributed by atoms with Gasteiger partial charge in [0.05, 0.1) is 10.2 Å². The molecule has 1 aromatic carbocycles. The highest BCUT2D eigenvalue weighted by Gasteiger charge is 2.34. The number of nitrogens with zero attached hydrogens (tertiary/aromatic N) is 1. The Kier molecular flexibility index (Phi) is 2.80. The van der Waals surface area contributed by atoms with Crippen molar-refractivity contribution in [2.24, 2.45) is 5.73 Å². The number of nitrogens with two attached hydrogens (primary N) is 1. The minimum absolute atomic E-state index is 0.0312. The number of hydrogen-bond acceptors (Lipinski definition) is 4. The molecule has 0 saturated heterocycles. The van der Waals surface area contributed by atoms with Gasteiger partial charge in [0.2, 0.25) is 5.91 Å². The highest BCUT2D eigenvalue weighted by Crippen LogP contribution is 2.33. The summed E-state index contributed by atoms with van der Waals surface area (Å²) in [6.45, 7) is 0. The number of nitrogens with one attached hydrogen (secondary N) is 1. The van der Waals surface area contributed by atoms with Gasteiger partial charge >= 0.3 is 0 Å². The predicted octanol–water partition coefficient (Wildman–Crippen LogP) is 2.51. The second kappa shape index (κ2) is 4.33. The molecule has 1 amide bonds. The molecule has 0 aliphatic heterocycles. The minimum atomic E-state index is -0.277. The fourth-order valence-corrected chi connectivity index (χ4v) is 3.10. The lowest BCUT2D eigenvalue weighted by Crippen LogP contribution is -2.48. The number of amides is 1. The van der Waals surface area contributed by atoms with Crippen molar-refractivity contribution in [3.05, 3.63) is 24.3 Å². The van der Waals surface area contributed by atoms with E-state index >= 15 is 0 Å². The molecular formula is C13H15N3OS. The van der Waals surface area contributed by atoms with E-state index < -0.39 is 0 Å². The molecule has 0 unspecified atom stereocenters. The van der Waals surface area contributed by atoms with Crippen LogP contribution in [0.25, 0.3) is 10.2 Å². The van der Waals surface area contributed by atoms with E-state index in [1.807, 2.05) is 24.3 Å². The molecule has 1 aliphatic carbocycles. The minimum Gasteiger partial charge on any atom is -0.325 e. The Balaban J connectivity index is 1.70. The van der Waals surface area contributed by atoms with Crippen LogP contribution in [0.1, 0.15) is 25.7 Å². The van der Waals surface area contributed by atoms with Crippen molar-refractivity contribution in [1.82, 2.24) is 4.98 Å². The van der Waals surface area contributed by atoms with Crippen molar-refractivity contribution >= 4 is 32.6 Å². The number of fused-ring (bicyclic) bond motifs is 1. The third kappa shape index (κ3) is 2.23. The monoisotopic (exact) mass is 261 g/mol. The van der Waals surface area contributed by atoms with Crippen LogP contribution >= 0.6 is 11.3 Å². The molecular weight excluding hydrogens is 246 g/mol. The number of para-hydroxylation sites is 1. The molecule has 3 rings (SSSR count). The Morgan fingerprint density at radius 1 is 1.44 bits per heavy atom. The van der Waals surface area contributed by atoms with Gasteiger partial charge < -0.3 is 11.1 Å². The summed E-state index contributed by atoms with van der Waals surface area (Å²) in [5.74, 6) is -0.0312. The zero-order chi connectivity index (χ0) is 12.6. The lowest BCUT2D eigenvalue weighted by atomic mass is 9.75. The molecule has 0 spiro atoms. The third-order valence-corrected chi connectivity index (χ3v) is 4.35. The van der Waals surface area contributed by atoms with E-state index in [9.17, 15) is 4.79 Å². The van der Waals surface area contributed by atoms with Gasteiger partial charge in [0, 0.05) is 12.0 Å². The number of carbonyl (C=O) groups excluding carboxylic acids is 1. The SMILES string of the molecule is NC1(CC(=O)Nc2nc3ccccc3s2)CCC1. The molecule has 1 aliphatic rings. The molecule has 1 heterocycles. The standard InChI is InChI=1S/C13H15N3OS/c14-13(6-3-7-13)8-11(17)16-12-15-9-4-1-2-5-10(9)18-12/h1-2,4-5H,3,6-8,14H2,(H,15,16,17). The summed E-state index contributed by atoms with van der Waals surface area (Å²) in [7, 11) is 0. The van der Waals surface area contributed by atoms with Gasteiger partial charge in [0.15, 0.2) is 5.13 Å². The first-order chi connectivity index (χ1) is 8.65. The molecule has 5 heteroatoms. The van der Waals surface area contributed by atoms with E-state index in [-0.39, 0.29) is 11.4 Å². The van der Waals surface area contributed by atoms with Crippen LogP contribution in [-0.2, 0) is 4.79 Å². The summed E-state index contributed by atoms with van der Waals surface area (Å²) in [5.41, 5.74) is 6.70. The molecule has 3 N–H and O–H groups in total. The molecule has 0 radical (unpaired) electrons. The summed E-state index contributed by atoms with van der Waals surface area (Å²) in [6.07, 6.45) is 3.41. The van der Waals surface area contributed by atoms with Crippen LogP contribution in [0.4, 0.5) is 5.13 Å². The zero-order valence-electron chi connectivity index (χ0n) is 9.98. The van der Waals surface area contributed by atoms with Gasteiger partial charge in [0.1, 0.15) is 0 Å². The number of carbonyl (C=O) groups is 1. The summed E-state index contributed by atoms with van der Waals surface area (Å²) in [5, 5.41) is 3.50. The highest BCUT2D eigenvalue weighted by atomic mass is 32.1. The Labute approximate surface area is 109 Å². The van der Waals surface area contributed by atoms with Crippen LogP contribution in [0.2, 0.25) is 0 Å². The quantitative estimate of drug-likeness (QED) is 0.892. The van der Waals surface area contributed by atoms with Gasteiger partial charge in [-0.15, -0.1) is 0 Å². The van der Waals surface area contributed by atoms with Gasteiger partial charge in [-0.05, 0) is 31.4 Å². The second-order valence-electron chi connectivity index (χ2n) is 4.93. The molecule has 1 aromatic heterocycles. The third-order valence-electron chi connectivity index (χ3n) is 3.40. The van der Waals surface area contributed by atoms with E-state index in [0.29, 0.717) is 11.6 Å². The smallest absolute Gasteiger partial charge is 0.228 e.